The summed E-state index contributed by atoms with van der Waals surface area (Å²) in [5.41, 5.74) is 1.49. The average Bonchev–Trinajstić information content (AvgIpc) is 3.00. The molecule has 1 aromatic heterocycles. The van der Waals surface area contributed by atoms with Crippen LogP contribution < -0.4 is 5.32 Å². The van der Waals surface area contributed by atoms with E-state index in [9.17, 15) is 22.8 Å². The highest BCUT2D eigenvalue weighted by Gasteiger charge is 2.31. The zero-order chi connectivity index (χ0) is 24.5. The van der Waals surface area contributed by atoms with Crippen molar-refractivity contribution in [2.24, 2.45) is 0 Å². The van der Waals surface area contributed by atoms with Crippen molar-refractivity contribution in [2.75, 3.05) is 18.4 Å². The molecule has 0 unspecified atom stereocenters. The van der Waals surface area contributed by atoms with Crippen LogP contribution in [0.15, 0.2) is 42.5 Å². The molecule has 1 aliphatic heterocycles. The molecule has 0 saturated carbocycles. The number of aryl methyl sites for hydroxylation is 1. The minimum Gasteiger partial charge on any atom is -0.341 e. The molecule has 2 aromatic carbocycles. The Morgan fingerprint density at radius 3 is 2.65 bits per heavy atom. The Kier molecular flexibility index (Phi) is 6.63. The first-order valence-corrected chi connectivity index (χ1v) is 11.4. The molecule has 0 radical (unpaired) electrons. The number of fused-ring (bicyclic) bond motifs is 1. The van der Waals surface area contributed by atoms with Crippen molar-refractivity contribution >= 4 is 28.8 Å². The summed E-state index contributed by atoms with van der Waals surface area (Å²) in [4.78, 5) is 31.9. The number of benzene rings is 2. The third-order valence-electron chi connectivity index (χ3n) is 6.26. The molecule has 1 atom stereocenters. The zero-order valence-electron chi connectivity index (χ0n) is 19.2. The number of hydrogen-bond acceptors (Lipinski definition) is 3. The topological polar surface area (TPSA) is 67.2 Å². The van der Waals surface area contributed by atoms with E-state index in [0.717, 1.165) is 42.5 Å². The molecule has 2 heterocycles. The first kappa shape index (κ1) is 23.8. The number of para-hydroxylation sites is 1. The van der Waals surface area contributed by atoms with Gasteiger partial charge in [0.05, 0.1) is 22.6 Å². The third kappa shape index (κ3) is 4.78. The lowest BCUT2D eigenvalue weighted by Crippen LogP contribution is -2.35. The van der Waals surface area contributed by atoms with Crippen LogP contribution in [0.25, 0.3) is 11.0 Å². The fourth-order valence-electron chi connectivity index (χ4n) is 4.56. The van der Waals surface area contributed by atoms with Gasteiger partial charge in [-0.25, -0.2) is 4.98 Å². The Morgan fingerprint density at radius 2 is 1.91 bits per heavy atom. The van der Waals surface area contributed by atoms with Gasteiger partial charge in [-0.2, -0.15) is 13.2 Å². The normalized spacial score (nSPS) is 17.0. The summed E-state index contributed by atoms with van der Waals surface area (Å²) in [6.07, 6.45) is -1.55. The molecule has 1 aliphatic rings. The highest BCUT2D eigenvalue weighted by atomic mass is 19.4. The van der Waals surface area contributed by atoms with Crippen molar-refractivity contribution in [3.63, 3.8) is 0 Å². The number of anilines is 1. The summed E-state index contributed by atoms with van der Waals surface area (Å²) in [6, 6.07) is 9.85. The lowest BCUT2D eigenvalue weighted by atomic mass is 10.1. The number of amides is 2. The summed E-state index contributed by atoms with van der Waals surface area (Å²) in [7, 11) is 0. The van der Waals surface area contributed by atoms with Gasteiger partial charge in [0.2, 0.25) is 11.9 Å². The minimum atomic E-state index is -4.55. The molecule has 3 aromatic rings. The van der Waals surface area contributed by atoms with E-state index in [1.165, 1.54) is 12.1 Å². The highest BCUT2D eigenvalue weighted by molar-refractivity contribution is 6.04. The van der Waals surface area contributed by atoms with Crippen LogP contribution >= 0.6 is 0 Å². The second-order valence-electron chi connectivity index (χ2n) is 8.62. The van der Waals surface area contributed by atoms with Gasteiger partial charge in [-0.1, -0.05) is 25.1 Å². The minimum absolute atomic E-state index is 0.0718. The van der Waals surface area contributed by atoms with Crippen molar-refractivity contribution in [3.05, 3.63) is 59.2 Å². The SMILES string of the molecule is CCC(=O)N1CCCC[C@@H](n2c(NC(=O)c3cccc(C(F)(F)F)c3)nc3cccc(C)c32)C1. The van der Waals surface area contributed by atoms with Gasteiger partial charge in [-0.05, 0) is 56.0 Å². The maximum atomic E-state index is 13.1. The first-order chi connectivity index (χ1) is 16.2. The molecule has 180 valence electrons. The zero-order valence-corrected chi connectivity index (χ0v) is 19.2. The Bertz CT molecular complexity index is 1220. The first-order valence-electron chi connectivity index (χ1n) is 11.4. The third-order valence-corrected chi connectivity index (χ3v) is 6.26. The number of hydrogen-bond donors (Lipinski definition) is 1. The van der Waals surface area contributed by atoms with Gasteiger partial charge in [0.15, 0.2) is 0 Å². The number of nitrogens with zero attached hydrogens (tertiary/aromatic N) is 3. The number of imidazole rings is 1. The predicted octanol–water partition coefficient (Wildman–Crippen LogP) is 5.58. The molecule has 0 aliphatic carbocycles. The monoisotopic (exact) mass is 472 g/mol. The smallest absolute Gasteiger partial charge is 0.341 e. The number of nitrogens with one attached hydrogen (secondary N) is 1. The molecule has 6 nitrogen and oxygen atoms in total. The van der Waals surface area contributed by atoms with Crippen LogP contribution in [0, 0.1) is 6.92 Å². The number of carbonyl (C=O) groups excluding carboxylic acids is 2. The van der Waals surface area contributed by atoms with Crippen LogP contribution in [0.2, 0.25) is 0 Å². The summed E-state index contributed by atoms with van der Waals surface area (Å²) in [5, 5.41) is 2.74. The molecule has 34 heavy (non-hydrogen) atoms. The number of likely N-dealkylation sites (tertiary alicyclic amines) is 1. The van der Waals surface area contributed by atoms with Crippen LogP contribution in [0.5, 0.6) is 0 Å². The van der Waals surface area contributed by atoms with Gasteiger partial charge in [-0.15, -0.1) is 0 Å². The number of carbonyl (C=O) groups is 2. The van der Waals surface area contributed by atoms with E-state index in [2.05, 4.69) is 10.3 Å². The molecular weight excluding hydrogens is 445 g/mol. The standard InChI is InChI=1S/C25H27F3N4O2/c1-3-21(33)31-13-5-4-11-19(15-31)32-22-16(2)8-6-12-20(22)29-24(32)30-23(34)17-9-7-10-18(14-17)25(26,27)28/h6-10,12,14,19H,3-5,11,13,15H2,1-2H3,(H,29,30,34)/t19-/m1/s1. The van der Waals surface area contributed by atoms with Gasteiger partial charge >= 0.3 is 6.18 Å². The van der Waals surface area contributed by atoms with Crippen molar-refractivity contribution in [3.8, 4) is 0 Å². The highest BCUT2D eigenvalue weighted by Crippen LogP contribution is 2.33. The molecule has 4 rings (SSSR count). The second-order valence-corrected chi connectivity index (χ2v) is 8.62. The summed E-state index contributed by atoms with van der Waals surface area (Å²) in [5.74, 6) is -0.333. The molecule has 2 amide bonds. The van der Waals surface area contributed by atoms with E-state index in [-0.39, 0.29) is 23.5 Å². The van der Waals surface area contributed by atoms with Crippen molar-refractivity contribution in [1.29, 1.82) is 0 Å². The van der Waals surface area contributed by atoms with Gasteiger partial charge in [-0.3, -0.25) is 14.9 Å². The van der Waals surface area contributed by atoms with E-state index < -0.39 is 17.6 Å². The van der Waals surface area contributed by atoms with Gasteiger partial charge in [0.25, 0.3) is 5.91 Å². The molecule has 0 bridgehead atoms. The Morgan fingerprint density at radius 1 is 1.15 bits per heavy atom. The number of halogens is 3. The quantitative estimate of drug-likeness (QED) is 0.539. The summed E-state index contributed by atoms with van der Waals surface area (Å²) >= 11 is 0. The Labute approximate surface area is 195 Å². The Balaban J connectivity index is 1.74. The van der Waals surface area contributed by atoms with E-state index in [1.807, 2.05) is 41.5 Å². The van der Waals surface area contributed by atoms with Crippen molar-refractivity contribution < 1.29 is 22.8 Å². The predicted molar refractivity (Wildman–Crippen MR) is 124 cm³/mol. The van der Waals surface area contributed by atoms with E-state index in [4.69, 9.17) is 0 Å². The van der Waals surface area contributed by atoms with E-state index in [1.54, 1.807) is 0 Å². The van der Waals surface area contributed by atoms with E-state index in [0.29, 0.717) is 25.0 Å². The molecular formula is C25H27F3N4O2. The molecule has 0 spiro atoms. The lowest BCUT2D eigenvalue weighted by molar-refractivity contribution is -0.137. The fraction of sp³-hybridized carbons (Fsp3) is 0.400. The summed E-state index contributed by atoms with van der Waals surface area (Å²) in [6.45, 7) is 4.95. The summed E-state index contributed by atoms with van der Waals surface area (Å²) < 4.78 is 41.4. The largest absolute Gasteiger partial charge is 0.416 e. The second kappa shape index (κ2) is 9.48. The van der Waals surface area contributed by atoms with Crippen LogP contribution in [0.4, 0.5) is 19.1 Å². The van der Waals surface area contributed by atoms with Gasteiger partial charge < -0.3 is 9.47 Å². The van der Waals surface area contributed by atoms with Crippen LogP contribution in [0.3, 0.4) is 0 Å². The van der Waals surface area contributed by atoms with Gasteiger partial charge in [0, 0.05) is 25.1 Å². The molecule has 1 saturated heterocycles. The maximum absolute atomic E-state index is 13.1. The van der Waals surface area contributed by atoms with Crippen LogP contribution in [0.1, 0.15) is 60.1 Å². The van der Waals surface area contributed by atoms with E-state index >= 15 is 0 Å². The molecule has 1 fully saturated rings. The molecule has 9 heteroatoms. The number of alkyl halides is 3. The average molecular weight is 473 g/mol. The Hall–Kier alpha value is -3.36. The number of aromatic nitrogens is 2. The van der Waals surface area contributed by atoms with Crippen LogP contribution in [-0.2, 0) is 11.0 Å². The molecule has 1 N–H and O–H groups in total. The lowest BCUT2D eigenvalue weighted by Gasteiger charge is -2.27. The van der Waals surface area contributed by atoms with Crippen molar-refractivity contribution in [2.45, 2.75) is 51.7 Å². The number of rotatable bonds is 4. The van der Waals surface area contributed by atoms with Gasteiger partial charge in [0.1, 0.15) is 0 Å². The maximum Gasteiger partial charge on any atom is 0.416 e. The van der Waals surface area contributed by atoms with Crippen molar-refractivity contribution in [1.82, 2.24) is 14.5 Å². The fourth-order valence-corrected chi connectivity index (χ4v) is 4.56. The van der Waals surface area contributed by atoms with Crippen LogP contribution in [-0.4, -0.2) is 39.4 Å².